The van der Waals surface area contributed by atoms with Gasteiger partial charge in [-0.25, -0.2) is 0 Å². The van der Waals surface area contributed by atoms with Crippen LogP contribution in [0.5, 0.6) is 0 Å². The molecule has 1 nitrogen and oxygen atoms in total. The van der Waals surface area contributed by atoms with Crippen LogP contribution >= 0.6 is 0 Å². The highest BCUT2D eigenvalue weighted by Gasteiger charge is 2.19. The Kier molecular flexibility index (Phi) is 7.31. The Morgan fingerprint density at radius 2 is 1.83 bits per heavy atom. The number of hydrogen-bond acceptors (Lipinski definition) is 1. The highest BCUT2D eigenvalue weighted by molar-refractivity contribution is 5.91. The van der Waals surface area contributed by atoms with Gasteiger partial charge in [0, 0.05) is 5.92 Å². The summed E-state index contributed by atoms with van der Waals surface area (Å²) in [6.07, 6.45) is 13.7. The van der Waals surface area contributed by atoms with Crippen LogP contribution in [-0.2, 0) is 4.79 Å². The topological polar surface area (TPSA) is 17.1 Å². The Hall–Kier alpha value is -0.590. The molecule has 0 amide bonds. The zero-order chi connectivity index (χ0) is 13.4. The number of carbonyl (C=O) groups excluding carboxylic acids is 1. The lowest BCUT2D eigenvalue weighted by atomic mass is 9.81. The van der Waals surface area contributed by atoms with Crippen molar-refractivity contribution in [3.8, 4) is 0 Å². The molecule has 1 aliphatic rings. The number of carbonyl (C=O) groups is 1. The van der Waals surface area contributed by atoms with E-state index in [-0.39, 0.29) is 5.92 Å². The summed E-state index contributed by atoms with van der Waals surface area (Å²) in [5.41, 5.74) is 1.46. The van der Waals surface area contributed by atoms with Crippen LogP contribution in [0, 0.1) is 11.8 Å². The van der Waals surface area contributed by atoms with E-state index >= 15 is 0 Å². The molecule has 0 aromatic carbocycles. The molecule has 1 aliphatic carbocycles. The number of hydrogen-bond donors (Lipinski definition) is 0. The van der Waals surface area contributed by atoms with E-state index in [0.29, 0.717) is 11.7 Å². The highest BCUT2D eigenvalue weighted by Crippen LogP contribution is 2.32. The zero-order valence-corrected chi connectivity index (χ0v) is 12.5. The average Bonchev–Trinajstić information content (AvgIpc) is 2.38. The Balaban J connectivity index is 2.63. The smallest absolute Gasteiger partial charge is 0.158 e. The predicted octanol–water partition coefficient (Wildman–Crippen LogP) is 5.30. The summed E-state index contributed by atoms with van der Waals surface area (Å²) < 4.78 is 0. The fourth-order valence-electron chi connectivity index (χ4n) is 2.80. The second-order valence-electron chi connectivity index (χ2n) is 6.07. The monoisotopic (exact) mass is 250 g/mol. The highest BCUT2D eigenvalue weighted by atomic mass is 16.1. The molecule has 18 heavy (non-hydrogen) atoms. The van der Waals surface area contributed by atoms with Crippen molar-refractivity contribution < 1.29 is 4.79 Å². The van der Waals surface area contributed by atoms with Gasteiger partial charge in [-0.3, -0.25) is 4.79 Å². The molecule has 1 heteroatoms. The molecule has 0 radical (unpaired) electrons. The third-order valence-electron chi connectivity index (χ3n) is 4.10. The second-order valence-corrected chi connectivity index (χ2v) is 6.07. The van der Waals surface area contributed by atoms with E-state index in [1.54, 1.807) is 0 Å². The van der Waals surface area contributed by atoms with E-state index in [4.69, 9.17) is 0 Å². The molecule has 0 spiro atoms. The first-order valence-corrected chi connectivity index (χ1v) is 7.89. The molecule has 0 heterocycles. The molecular formula is C17H30O. The number of rotatable bonds is 7. The lowest BCUT2D eigenvalue weighted by Gasteiger charge is -2.25. The van der Waals surface area contributed by atoms with Gasteiger partial charge < -0.3 is 0 Å². The van der Waals surface area contributed by atoms with Crippen LogP contribution in [0.1, 0.15) is 78.6 Å². The van der Waals surface area contributed by atoms with Crippen LogP contribution in [0.15, 0.2) is 11.6 Å². The van der Waals surface area contributed by atoms with Crippen LogP contribution in [-0.4, -0.2) is 5.78 Å². The molecule has 0 N–H and O–H groups in total. The van der Waals surface area contributed by atoms with Gasteiger partial charge in [0.05, 0.1) is 0 Å². The van der Waals surface area contributed by atoms with Gasteiger partial charge in [0.2, 0.25) is 0 Å². The Morgan fingerprint density at radius 3 is 2.39 bits per heavy atom. The second kappa shape index (κ2) is 8.50. The molecule has 1 saturated carbocycles. The molecule has 0 aromatic heterocycles. The van der Waals surface area contributed by atoms with Crippen molar-refractivity contribution in [2.75, 3.05) is 0 Å². The summed E-state index contributed by atoms with van der Waals surface area (Å²) in [6.45, 7) is 6.25. The minimum atomic E-state index is 0.148. The minimum absolute atomic E-state index is 0.148. The maximum Gasteiger partial charge on any atom is 0.158 e. The van der Waals surface area contributed by atoms with E-state index in [1.165, 1.54) is 56.9 Å². The van der Waals surface area contributed by atoms with E-state index in [1.807, 2.05) is 19.9 Å². The zero-order valence-electron chi connectivity index (χ0n) is 12.5. The molecular weight excluding hydrogens is 220 g/mol. The lowest BCUT2D eigenvalue weighted by Crippen LogP contribution is -2.13. The van der Waals surface area contributed by atoms with Crippen LogP contribution in [0.4, 0.5) is 0 Å². The summed E-state index contributed by atoms with van der Waals surface area (Å²) in [4.78, 5) is 12.0. The fraction of sp³-hybridized carbons (Fsp3) is 0.824. The molecule has 0 saturated heterocycles. The van der Waals surface area contributed by atoms with Crippen LogP contribution < -0.4 is 0 Å². The van der Waals surface area contributed by atoms with Gasteiger partial charge in [0.25, 0.3) is 0 Å². The molecule has 0 unspecified atom stereocenters. The van der Waals surface area contributed by atoms with Crippen molar-refractivity contribution in [1.29, 1.82) is 0 Å². The molecule has 0 bridgehead atoms. The van der Waals surface area contributed by atoms with Gasteiger partial charge >= 0.3 is 0 Å². The van der Waals surface area contributed by atoms with Crippen molar-refractivity contribution in [3.05, 3.63) is 11.6 Å². The number of allylic oxidation sites excluding steroid dienone is 2. The van der Waals surface area contributed by atoms with Crippen molar-refractivity contribution >= 4 is 5.78 Å². The Bertz CT molecular complexity index is 269. The number of unbranched alkanes of at least 4 members (excludes halogenated alkanes) is 2. The summed E-state index contributed by atoms with van der Waals surface area (Å²) in [7, 11) is 0. The molecule has 0 aliphatic heterocycles. The molecule has 0 atom stereocenters. The SMILES string of the molecule is CCCCC/C(=C/C(=O)C(C)C)C1CCCCC1. The van der Waals surface area contributed by atoms with Crippen molar-refractivity contribution in [1.82, 2.24) is 0 Å². The normalized spacial score (nSPS) is 18.3. The molecule has 1 rings (SSSR count). The summed E-state index contributed by atoms with van der Waals surface area (Å²) in [5, 5.41) is 0. The van der Waals surface area contributed by atoms with Gasteiger partial charge in [-0.2, -0.15) is 0 Å². The first kappa shape index (κ1) is 15.5. The maximum atomic E-state index is 12.0. The first-order chi connectivity index (χ1) is 8.65. The maximum absolute atomic E-state index is 12.0. The van der Waals surface area contributed by atoms with Gasteiger partial charge in [0.15, 0.2) is 5.78 Å². The minimum Gasteiger partial charge on any atom is -0.295 e. The quantitative estimate of drug-likeness (QED) is 0.442. The number of ketones is 1. The van der Waals surface area contributed by atoms with Crippen LogP contribution in [0.3, 0.4) is 0 Å². The standard InChI is InChI=1S/C17H30O/c1-4-5-7-12-16(13-17(18)14(2)3)15-10-8-6-9-11-15/h13-15H,4-12H2,1-3H3/b16-13-. The van der Waals surface area contributed by atoms with Gasteiger partial charge in [-0.1, -0.05) is 58.4 Å². The van der Waals surface area contributed by atoms with Gasteiger partial charge in [-0.15, -0.1) is 0 Å². The van der Waals surface area contributed by atoms with E-state index in [2.05, 4.69) is 6.92 Å². The third kappa shape index (κ3) is 5.37. The van der Waals surface area contributed by atoms with Crippen molar-refractivity contribution in [2.24, 2.45) is 11.8 Å². The van der Waals surface area contributed by atoms with E-state index < -0.39 is 0 Å². The largest absolute Gasteiger partial charge is 0.295 e. The first-order valence-electron chi connectivity index (χ1n) is 7.89. The van der Waals surface area contributed by atoms with E-state index in [0.717, 1.165) is 6.42 Å². The molecule has 104 valence electrons. The van der Waals surface area contributed by atoms with E-state index in [9.17, 15) is 4.79 Å². The third-order valence-corrected chi connectivity index (χ3v) is 4.10. The fourth-order valence-corrected chi connectivity index (χ4v) is 2.80. The van der Waals surface area contributed by atoms with Gasteiger partial charge in [-0.05, 0) is 37.7 Å². The lowest BCUT2D eigenvalue weighted by molar-refractivity contribution is -0.117. The molecule has 0 aromatic rings. The Morgan fingerprint density at radius 1 is 1.17 bits per heavy atom. The predicted molar refractivity (Wildman–Crippen MR) is 78.6 cm³/mol. The summed E-state index contributed by atoms with van der Waals surface area (Å²) in [6, 6.07) is 0. The summed E-state index contributed by atoms with van der Waals surface area (Å²) in [5.74, 6) is 1.18. The molecule has 1 fully saturated rings. The Labute approximate surface area is 113 Å². The van der Waals surface area contributed by atoms with Crippen molar-refractivity contribution in [3.63, 3.8) is 0 Å². The van der Waals surface area contributed by atoms with Crippen LogP contribution in [0.2, 0.25) is 0 Å². The van der Waals surface area contributed by atoms with Crippen molar-refractivity contribution in [2.45, 2.75) is 78.6 Å². The summed E-state index contributed by atoms with van der Waals surface area (Å²) >= 11 is 0. The average molecular weight is 250 g/mol. The van der Waals surface area contributed by atoms with Crippen LogP contribution in [0.25, 0.3) is 0 Å². The van der Waals surface area contributed by atoms with Gasteiger partial charge in [0.1, 0.15) is 0 Å².